The Morgan fingerprint density at radius 2 is 1.90 bits per heavy atom. The maximum Gasteiger partial charge on any atom is 0.419 e. The first-order valence-corrected chi connectivity index (χ1v) is 6.16. The number of epoxide rings is 1. The Balaban J connectivity index is 2.34. The lowest BCUT2D eigenvalue weighted by Crippen LogP contribution is -2.39. The third kappa shape index (κ3) is 2.61. The normalized spacial score (nSPS) is 22.8. The molecule has 0 unspecified atom stereocenters. The van der Waals surface area contributed by atoms with Gasteiger partial charge in [-0.3, -0.25) is 0 Å². The smallest absolute Gasteiger partial charge is 0.419 e. The predicted molar refractivity (Wildman–Crippen MR) is 65.3 cm³/mol. The van der Waals surface area contributed by atoms with Crippen LogP contribution in [-0.4, -0.2) is 25.5 Å². The van der Waals surface area contributed by atoms with E-state index in [0.717, 1.165) is 0 Å². The Hall–Kier alpha value is -1.30. The van der Waals surface area contributed by atoms with E-state index in [2.05, 4.69) is 4.74 Å². The molecule has 1 saturated heterocycles. The standard InChI is InChI=1S/C14H16F4O2/c1-12(2,7-13(8-20-13)14(16,17)18)10-6-9(15)4-5-11(10)19-3/h4-6H,7-8H2,1-3H3/t13-/m0/s1. The second-order valence-corrected chi connectivity index (χ2v) is 5.69. The highest BCUT2D eigenvalue weighted by molar-refractivity contribution is 5.40. The molecular formula is C14H16F4O2. The minimum Gasteiger partial charge on any atom is -0.496 e. The molecule has 0 aromatic heterocycles. The van der Waals surface area contributed by atoms with Crippen molar-refractivity contribution in [3.63, 3.8) is 0 Å². The fourth-order valence-electron chi connectivity index (χ4n) is 2.47. The van der Waals surface area contributed by atoms with Crippen LogP contribution < -0.4 is 4.74 Å². The molecule has 0 saturated carbocycles. The highest BCUT2D eigenvalue weighted by Crippen LogP contribution is 2.51. The minimum atomic E-state index is -4.43. The second-order valence-electron chi connectivity index (χ2n) is 5.69. The molecule has 1 aliphatic heterocycles. The van der Waals surface area contributed by atoms with Gasteiger partial charge in [-0.05, 0) is 30.0 Å². The van der Waals surface area contributed by atoms with E-state index >= 15 is 0 Å². The summed E-state index contributed by atoms with van der Waals surface area (Å²) >= 11 is 0. The topological polar surface area (TPSA) is 21.8 Å². The van der Waals surface area contributed by atoms with Crippen molar-refractivity contribution in [2.45, 2.75) is 37.5 Å². The van der Waals surface area contributed by atoms with Crippen molar-refractivity contribution < 1.29 is 27.0 Å². The van der Waals surface area contributed by atoms with E-state index in [1.54, 1.807) is 13.8 Å². The molecule has 0 bridgehead atoms. The zero-order valence-electron chi connectivity index (χ0n) is 11.5. The van der Waals surface area contributed by atoms with Gasteiger partial charge in [-0.1, -0.05) is 13.8 Å². The van der Waals surface area contributed by atoms with Crippen LogP contribution in [0.4, 0.5) is 17.6 Å². The lowest BCUT2D eigenvalue weighted by atomic mass is 9.76. The predicted octanol–water partition coefficient (Wildman–Crippen LogP) is 3.83. The van der Waals surface area contributed by atoms with Gasteiger partial charge in [0.1, 0.15) is 11.6 Å². The van der Waals surface area contributed by atoms with E-state index in [1.807, 2.05) is 0 Å². The molecule has 20 heavy (non-hydrogen) atoms. The summed E-state index contributed by atoms with van der Waals surface area (Å²) < 4.78 is 62.1. The van der Waals surface area contributed by atoms with E-state index in [9.17, 15) is 17.6 Å². The average Bonchev–Trinajstić information content (AvgIpc) is 3.08. The van der Waals surface area contributed by atoms with Crippen molar-refractivity contribution in [1.29, 1.82) is 0 Å². The van der Waals surface area contributed by atoms with Crippen LogP contribution in [0.3, 0.4) is 0 Å². The first kappa shape index (κ1) is 15.1. The molecule has 0 aliphatic carbocycles. The summed E-state index contributed by atoms with van der Waals surface area (Å²) in [6.07, 6.45) is -4.70. The molecule has 1 atom stereocenters. The van der Waals surface area contributed by atoms with Crippen LogP contribution in [-0.2, 0) is 10.2 Å². The molecule has 1 aliphatic rings. The zero-order chi connectivity index (χ0) is 15.2. The Bertz CT molecular complexity index is 504. The van der Waals surface area contributed by atoms with Crippen LogP contribution in [0.2, 0.25) is 0 Å². The number of alkyl halides is 3. The van der Waals surface area contributed by atoms with E-state index in [0.29, 0.717) is 11.3 Å². The third-order valence-electron chi connectivity index (χ3n) is 3.63. The van der Waals surface area contributed by atoms with Crippen molar-refractivity contribution >= 4 is 0 Å². The van der Waals surface area contributed by atoms with Gasteiger partial charge in [0.05, 0.1) is 13.7 Å². The minimum absolute atomic E-state index is 0.274. The van der Waals surface area contributed by atoms with Gasteiger partial charge in [0.2, 0.25) is 0 Å². The van der Waals surface area contributed by atoms with Crippen LogP contribution in [0.15, 0.2) is 18.2 Å². The number of rotatable bonds is 4. The second kappa shape index (κ2) is 4.62. The van der Waals surface area contributed by atoms with E-state index in [-0.39, 0.29) is 13.0 Å². The lowest BCUT2D eigenvalue weighted by Gasteiger charge is -2.31. The van der Waals surface area contributed by atoms with Crippen molar-refractivity contribution in [1.82, 2.24) is 0 Å². The van der Waals surface area contributed by atoms with Gasteiger partial charge < -0.3 is 9.47 Å². The Kier molecular flexibility index (Phi) is 3.48. The number of hydrogen-bond donors (Lipinski definition) is 0. The van der Waals surface area contributed by atoms with Gasteiger partial charge in [0.25, 0.3) is 0 Å². The summed E-state index contributed by atoms with van der Waals surface area (Å²) in [4.78, 5) is 0. The van der Waals surface area contributed by atoms with Gasteiger partial charge in [-0.15, -0.1) is 0 Å². The first-order valence-electron chi connectivity index (χ1n) is 6.16. The number of methoxy groups -OCH3 is 1. The molecule has 2 rings (SSSR count). The average molecular weight is 292 g/mol. The fourth-order valence-corrected chi connectivity index (χ4v) is 2.47. The highest BCUT2D eigenvalue weighted by atomic mass is 19.4. The van der Waals surface area contributed by atoms with Crippen molar-refractivity contribution in [3.05, 3.63) is 29.6 Å². The quantitative estimate of drug-likeness (QED) is 0.621. The SMILES string of the molecule is COc1ccc(F)cc1C(C)(C)C[C@@]1(C(F)(F)F)CO1. The first-order chi connectivity index (χ1) is 9.11. The number of hydrogen-bond acceptors (Lipinski definition) is 2. The molecule has 1 aromatic carbocycles. The molecule has 0 N–H and O–H groups in total. The van der Waals surface area contributed by atoms with E-state index in [1.165, 1.54) is 25.3 Å². The molecule has 2 nitrogen and oxygen atoms in total. The summed E-state index contributed by atoms with van der Waals surface area (Å²) in [5, 5.41) is 0. The molecule has 112 valence electrons. The number of benzene rings is 1. The monoisotopic (exact) mass is 292 g/mol. The molecule has 1 fully saturated rings. The zero-order valence-corrected chi connectivity index (χ0v) is 11.5. The Morgan fingerprint density at radius 1 is 1.30 bits per heavy atom. The largest absolute Gasteiger partial charge is 0.496 e. The van der Waals surface area contributed by atoms with Crippen LogP contribution in [0, 0.1) is 5.82 Å². The summed E-state index contributed by atoms with van der Waals surface area (Å²) in [7, 11) is 1.40. The van der Waals surface area contributed by atoms with Gasteiger partial charge >= 0.3 is 6.18 Å². The van der Waals surface area contributed by atoms with Crippen molar-refractivity contribution in [2.24, 2.45) is 0 Å². The summed E-state index contributed by atoms with van der Waals surface area (Å²) in [5.41, 5.74) is -2.65. The maximum absolute atomic E-state index is 13.4. The van der Waals surface area contributed by atoms with Gasteiger partial charge in [-0.25, -0.2) is 4.39 Å². The van der Waals surface area contributed by atoms with E-state index < -0.39 is 23.0 Å². The molecule has 0 spiro atoms. The van der Waals surface area contributed by atoms with Crippen LogP contribution >= 0.6 is 0 Å². The highest BCUT2D eigenvalue weighted by Gasteiger charge is 2.67. The molecule has 1 heterocycles. The molecule has 0 amide bonds. The number of ether oxygens (including phenoxy) is 2. The van der Waals surface area contributed by atoms with Crippen LogP contribution in [0.1, 0.15) is 25.8 Å². The van der Waals surface area contributed by atoms with Gasteiger partial charge in [0.15, 0.2) is 5.60 Å². The van der Waals surface area contributed by atoms with Crippen LogP contribution in [0.25, 0.3) is 0 Å². The molecule has 6 heteroatoms. The molecule has 0 radical (unpaired) electrons. The summed E-state index contributed by atoms with van der Waals surface area (Å²) in [6, 6.07) is 3.84. The summed E-state index contributed by atoms with van der Waals surface area (Å²) in [5.74, 6) is -0.138. The maximum atomic E-state index is 13.4. The van der Waals surface area contributed by atoms with Gasteiger partial charge in [0, 0.05) is 5.56 Å². The fraction of sp³-hybridized carbons (Fsp3) is 0.571. The molecular weight excluding hydrogens is 276 g/mol. The molecule has 1 aromatic rings. The number of halogens is 4. The van der Waals surface area contributed by atoms with Crippen LogP contribution in [0.5, 0.6) is 5.75 Å². The summed E-state index contributed by atoms with van der Waals surface area (Å²) in [6.45, 7) is 2.90. The Morgan fingerprint density at radius 3 is 2.35 bits per heavy atom. The van der Waals surface area contributed by atoms with Gasteiger partial charge in [-0.2, -0.15) is 13.2 Å². The van der Waals surface area contributed by atoms with E-state index in [4.69, 9.17) is 4.74 Å². The van der Waals surface area contributed by atoms with Crippen molar-refractivity contribution in [2.75, 3.05) is 13.7 Å². The third-order valence-corrected chi connectivity index (χ3v) is 3.63. The Labute approximate surface area is 114 Å². The van der Waals surface area contributed by atoms with Crippen molar-refractivity contribution in [3.8, 4) is 5.75 Å². The lowest BCUT2D eigenvalue weighted by molar-refractivity contribution is -0.188.